The lowest BCUT2D eigenvalue weighted by atomic mass is 10.0. The van der Waals surface area contributed by atoms with Gasteiger partial charge in [0.25, 0.3) is 10.0 Å². The molecule has 0 saturated carbocycles. The van der Waals surface area contributed by atoms with Crippen molar-refractivity contribution >= 4 is 39.1 Å². The molecule has 0 spiro atoms. The Labute approximate surface area is 269 Å². The monoisotopic (exact) mass is 649 g/mol. The van der Waals surface area contributed by atoms with Crippen molar-refractivity contribution in [2.45, 2.75) is 50.6 Å². The topological polar surface area (TPSA) is 86.8 Å². The molecule has 4 rings (SSSR count). The molecule has 0 radical (unpaired) electrons. The quantitative estimate of drug-likeness (QED) is 0.157. The number of hydrogen-bond acceptors (Lipinski definition) is 4. The zero-order valence-corrected chi connectivity index (χ0v) is 26.9. The third-order valence-electron chi connectivity index (χ3n) is 7.52. The van der Waals surface area contributed by atoms with Crippen LogP contribution < -0.4 is 9.62 Å². The highest BCUT2D eigenvalue weighted by Crippen LogP contribution is 2.31. The van der Waals surface area contributed by atoms with Crippen LogP contribution in [0.5, 0.6) is 0 Å². The third-order valence-corrected chi connectivity index (χ3v) is 9.70. The molecule has 236 valence electrons. The van der Waals surface area contributed by atoms with E-state index in [0.29, 0.717) is 17.1 Å². The maximum absolute atomic E-state index is 15.0. The number of amides is 2. The van der Waals surface area contributed by atoms with Crippen molar-refractivity contribution in [2.75, 3.05) is 17.4 Å². The first-order valence-electron chi connectivity index (χ1n) is 14.8. The van der Waals surface area contributed by atoms with Crippen molar-refractivity contribution in [1.82, 2.24) is 10.2 Å². The predicted molar refractivity (Wildman–Crippen MR) is 176 cm³/mol. The number of rotatable bonds is 14. The van der Waals surface area contributed by atoms with Crippen LogP contribution in [-0.4, -0.2) is 44.3 Å². The Morgan fingerprint density at radius 3 is 2.20 bits per heavy atom. The Kier molecular flexibility index (Phi) is 11.7. The molecule has 7 nitrogen and oxygen atoms in total. The van der Waals surface area contributed by atoms with Gasteiger partial charge in [0, 0.05) is 30.1 Å². The largest absolute Gasteiger partial charge is 0.354 e. The minimum absolute atomic E-state index is 0.0176. The summed E-state index contributed by atoms with van der Waals surface area (Å²) in [5.74, 6) is -1.63. The number of benzene rings is 4. The van der Waals surface area contributed by atoms with Crippen molar-refractivity contribution in [1.29, 1.82) is 0 Å². The van der Waals surface area contributed by atoms with Crippen molar-refractivity contribution in [3.63, 3.8) is 0 Å². The van der Waals surface area contributed by atoms with Crippen LogP contribution in [0.3, 0.4) is 0 Å². The molecule has 1 N–H and O–H groups in total. The fourth-order valence-corrected chi connectivity index (χ4v) is 6.63. The number of nitrogens with one attached hydrogen (secondary N) is 1. The minimum atomic E-state index is -4.27. The average molecular weight is 650 g/mol. The number of nitrogens with zero attached hydrogens (tertiary/aromatic N) is 2. The first-order chi connectivity index (χ1) is 21.6. The van der Waals surface area contributed by atoms with Crippen LogP contribution in [0.1, 0.15) is 36.5 Å². The summed E-state index contributed by atoms with van der Waals surface area (Å²) >= 11 is 6.41. The van der Waals surface area contributed by atoms with Crippen LogP contribution in [0.25, 0.3) is 0 Å². The van der Waals surface area contributed by atoms with Crippen molar-refractivity contribution in [2.24, 2.45) is 0 Å². The summed E-state index contributed by atoms with van der Waals surface area (Å²) in [6.07, 6.45) is 1.73. The van der Waals surface area contributed by atoms with Gasteiger partial charge in [-0.2, -0.15) is 0 Å². The van der Waals surface area contributed by atoms with Crippen LogP contribution in [0.2, 0.25) is 5.02 Å². The summed E-state index contributed by atoms with van der Waals surface area (Å²) in [7, 11) is -4.27. The molecule has 0 unspecified atom stereocenters. The highest BCUT2D eigenvalue weighted by molar-refractivity contribution is 7.92. The maximum Gasteiger partial charge on any atom is 0.264 e. The Hall–Kier alpha value is -4.21. The first kappa shape index (κ1) is 33.7. The average Bonchev–Trinajstić information content (AvgIpc) is 3.04. The Morgan fingerprint density at radius 2 is 1.53 bits per heavy atom. The van der Waals surface area contributed by atoms with Crippen molar-refractivity contribution < 1.29 is 22.4 Å². The normalized spacial score (nSPS) is 11.9. The van der Waals surface area contributed by atoms with E-state index in [4.69, 9.17) is 11.6 Å². The highest BCUT2D eigenvalue weighted by atomic mass is 35.5. The second kappa shape index (κ2) is 15.7. The lowest BCUT2D eigenvalue weighted by Crippen LogP contribution is -2.53. The molecule has 0 aliphatic heterocycles. The Morgan fingerprint density at radius 1 is 0.889 bits per heavy atom. The lowest BCUT2D eigenvalue weighted by Gasteiger charge is -2.34. The van der Waals surface area contributed by atoms with E-state index in [-0.39, 0.29) is 29.1 Å². The molecular weight excluding hydrogens is 613 g/mol. The van der Waals surface area contributed by atoms with Gasteiger partial charge >= 0.3 is 0 Å². The third kappa shape index (κ3) is 8.49. The number of sulfonamides is 1. The van der Waals surface area contributed by atoms with E-state index in [9.17, 15) is 18.0 Å². The SMILES string of the molecule is CCCCNC(=O)[C@H](Cc1ccccc1)N(Cc1ccccc1F)C(=O)CN(c1cccc(Cl)c1C)S(=O)(=O)c1ccccc1. The van der Waals surface area contributed by atoms with Crippen LogP contribution in [-0.2, 0) is 32.6 Å². The molecule has 4 aromatic rings. The number of carbonyl (C=O) groups excluding carboxylic acids is 2. The van der Waals surface area contributed by atoms with E-state index in [1.165, 1.54) is 23.1 Å². The number of anilines is 1. The molecule has 45 heavy (non-hydrogen) atoms. The van der Waals surface area contributed by atoms with Gasteiger partial charge in [0.15, 0.2) is 0 Å². The van der Waals surface area contributed by atoms with Gasteiger partial charge in [-0.05, 0) is 54.8 Å². The molecule has 0 aliphatic carbocycles. The molecular formula is C35H37ClFN3O4S. The number of halogens is 2. The molecule has 0 bridgehead atoms. The smallest absolute Gasteiger partial charge is 0.264 e. The van der Waals surface area contributed by atoms with E-state index < -0.39 is 40.2 Å². The summed E-state index contributed by atoms with van der Waals surface area (Å²) in [5, 5.41) is 3.25. The van der Waals surface area contributed by atoms with Crippen LogP contribution in [0, 0.1) is 12.7 Å². The highest BCUT2D eigenvalue weighted by Gasteiger charge is 2.35. The van der Waals surface area contributed by atoms with Crippen LogP contribution >= 0.6 is 11.6 Å². The number of carbonyl (C=O) groups is 2. The molecule has 10 heteroatoms. The molecule has 0 aromatic heterocycles. The van der Waals surface area contributed by atoms with E-state index in [2.05, 4.69) is 5.32 Å². The van der Waals surface area contributed by atoms with E-state index in [1.807, 2.05) is 37.3 Å². The summed E-state index contributed by atoms with van der Waals surface area (Å²) in [4.78, 5) is 29.5. The molecule has 0 saturated heterocycles. The van der Waals surface area contributed by atoms with Gasteiger partial charge in [-0.15, -0.1) is 0 Å². The van der Waals surface area contributed by atoms with Gasteiger partial charge in [-0.1, -0.05) is 97.7 Å². The standard InChI is InChI=1S/C35H37ClFN3O4S/c1-3-4-22-38-35(42)33(23-27-14-7-5-8-15-27)39(24-28-16-11-12-20-31(28)37)34(41)25-40(32-21-13-19-30(36)26(32)2)45(43,44)29-17-9-6-10-18-29/h5-21,33H,3-4,22-25H2,1-2H3,(H,38,42)/t33-/m0/s1. The first-order valence-corrected chi connectivity index (χ1v) is 16.6. The van der Waals surface area contributed by atoms with Gasteiger partial charge in [-0.25, -0.2) is 12.8 Å². The second-order valence-corrected chi connectivity index (χ2v) is 12.9. The summed E-state index contributed by atoms with van der Waals surface area (Å²) < 4.78 is 44.3. The maximum atomic E-state index is 15.0. The lowest BCUT2D eigenvalue weighted by molar-refractivity contribution is -0.140. The summed E-state index contributed by atoms with van der Waals surface area (Å²) in [6.45, 7) is 3.17. The Bertz CT molecular complexity index is 1700. The van der Waals surface area contributed by atoms with E-state index in [0.717, 1.165) is 22.7 Å². The zero-order chi connectivity index (χ0) is 32.4. The molecule has 0 aliphatic rings. The summed E-state index contributed by atoms with van der Waals surface area (Å²) in [5.41, 5.74) is 1.67. The molecule has 4 aromatic carbocycles. The van der Waals surface area contributed by atoms with E-state index >= 15 is 4.39 Å². The fraction of sp³-hybridized carbons (Fsp3) is 0.257. The molecule has 1 atom stereocenters. The van der Waals surface area contributed by atoms with Gasteiger partial charge in [-0.3, -0.25) is 13.9 Å². The van der Waals surface area contributed by atoms with Crippen molar-refractivity contribution in [3.8, 4) is 0 Å². The van der Waals surface area contributed by atoms with Crippen LogP contribution in [0.15, 0.2) is 108 Å². The van der Waals surface area contributed by atoms with Gasteiger partial charge in [0.1, 0.15) is 18.4 Å². The van der Waals surface area contributed by atoms with Crippen LogP contribution in [0.4, 0.5) is 10.1 Å². The van der Waals surface area contributed by atoms with Gasteiger partial charge < -0.3 is 10.2 Å². The minimum Gasteiger partial charge on any atom is -0.354 e. The zero-order valence-electron chi connectivity index (χ0n) is 25.3. The van der Waals surface area contributed by atoms with Gasteiger partial charge in [0.05, 0.1) is 10.6 Å². The summed E-state index contributed by atoms with van der Waals surface area (Å²) in [6, 6.07) is 26.8. The molecule has 0 fully saturated rings. The fourth-order valence-electron chi connectivity index (χ4n) is 4.97. The number of unbranched alkanes of at least 4 members (excludes halogenated alkanes) is 1. The second-order valence-electron chi connectivity index (χ2n) is 10.7. The number of hydrogen-bond donors (Lipinski definition) is 1. The molecule has 2 amide bonds. The predicted octanol–water partition coefficient (Wildman–Crippen LogP) is 6.54. The van der Waals surface area contributed by atoms with Crippen molar-refractivity contribution in [3.05, 3.63) is 131 Å². The van der Waals surface area contributed by atoms with Gasteiger partial charge in [0.2, 0.25) is 11.8 Å². The van der Waals surface area contributed by atoms with E-state index in [1.54, 1.807) is 61.5 Å². The molecule has 0 heterocycles. The Balaban J connectivity index is 1.82.